The number of fused-ring (bicyclic) bond motifs is 3. The van der Waals surface area contributed by atoms with E-state index >= 15 is 0 Å². The van der Waals surface area contributed by atoms with Gasteiger partial charge in [0.25, 0.3) is 0 Å². The lowest BCUT2D eigenvalue weighted by atomic mass is 9.91. The molecule has 0 aromatic heterocycles. The van der Waals surface area contributed by atoms with Gasteiger partial charge in [0.2, 0.25) is 0 Å². The van der Waals surface area contributed by atoms with Crippen molar-refractivity contribution in [1.29, 1.82) is 0 Å². The van der Waals surface area contributed by atoms with E-state index in [1.54, 1.807) is 0 Å². The summed E-state index contributed by atoms with van der Waals surface area (Å²) in [6.07, 6.45) is 2.45. The molecule has 1 saturated heterocycles. The van der Waals surface area contributed by atoms with Crippen LogP contribution in [0.4, 0.5) is 10.5 Å². The summed E-state index contributed by atoms with van der Waals surface area (Å²) >= 11 is 0. The molecular weight excluding hydrogens is 404 g/mol. The average molecular weight is 437 g/mol. The molecule has 0 bridgehead atoms. The van der Waals surface area contributed by atoms with Crippen molar-refractivity contribution in [3.8, 4) is 11.1 Å². The van der Waals surface area contributed by atoms with Gasteiger partial charge in [-0.2, -0.15) is 0 Å². The molecule has 0 spiro atoms. The lowest BCUT2D eigenvalue weighted by molar-refractivity contribution is -0.138. The van der Waals surface area contributed by atoms with Gasteiger partial charge in [0.05, 0.1) is 7.11 Å². The van der Waals surface area contributed by atoms with Gasteiger partial charge >= 0.3 is 12.1 Å². The Kier molecular flexibility index (Phi) is 6.13. The third-order valence-corrected chi connectivity index (χ3v) is 6.99. The maximum absolute atomic E-state index is 12.2. The molecule has 1 amide bonds. The third-order valence-electron chi connectivity index (χ3n) is 6.99. The van der Waals surface area contributed by atoms with Gasteiger partial charge in [0, 0.05) is 24.2 Å². The van der Waals surface area contributed by atoms with Crippen molar-refractivity contribution in [2.24, 2.45) is 5.92 Å². The van der Waals surface area contributed by atoms with Crippen LogP contribution in [0.5, 0.6) is 0 Å². The number of carbonyl (C=O) groups excluding carboxylic acids is 1. The minimum absolute atomic E-state index is 0.121. The van der Waals surface area contributed by atoms with Gasteiger partial charge in [0.15, 0.2) is 0 Å². The summed E-state index contributed by atoms with van der Waals surface area (Å²) in [5.41, 5.74) is 6.99. The fraction of sp³-hybridized carbons (Fsp3) is 0.462. The summed E-state index contributed by atoms with van der Waals surface area (Å²) < 4.78 is 4.84. The van der Waals surface area contributed by atoms with Crippen LogP contribution in [0.3, 0.4) is 0 Å². The zero-order valence-corrected chi connectivity index (χ0v) is 19.2. The Morgan fingerprint density at radius 3 is 2.59 bits per heavy atom. The number of hydrogen-bond acceptors (Lipinski definition) is 4. The first-order valence-electron chi connectivity index (χ1n) is 11.4. The number of nitrogens with one attached hydrogen (secondary N) is 1. The molecular formula is C26H32N2O4. The number of carboxylic acids is 1. The molecule has 2 aliphatic rings. The topological polar surface area (TPSA) is 78.9 Å². The van der Waals surface area contributed by atoms with Crippen molar-refractivity contribution in [1.82, 2.24) is 5.32 Å². The van der Waals surface area contributed by atoms with Crippen molar-refractivity contribution < 1.29 is 19.4 Å². The molecule has 1 aliphatic heterocycles. The van der Waals surface area contributed by atoms with Gasteiger partial charge in [-0.25, -0.2) is 9.59 Å². The molecule has 2 N–H and O–H groups in total. The average Bonchev–Trinajstić information content (AvgIpc) is 3.33. The molecule has 1 heterocycles. The highest BCUT2D eigenvalue weighted by atomic mass is 16.5. The molecule has 1 fully saturated rings. The van der Waals surface area contributed by atoms with Crippen LogP contribution in [0.1, 0.15) is 50.3 Å². The van der Waals surface area contributed by atoms with Gasteiger partial charge in [-0.3, -0.25) is 0 Å². The number of carboxylic acid groups (broad SMARTS) is 1. The first-order valence-corrected chi connectivity index (χ1v) is 11.4. The van der Waals surface area contributed by atoms with Crippen LogP contribution in [-0.2, 0) is 22.4 Å². The number of anilines is 1. The maximum Gasteiger partial charge on any atom is 0.407 e. The van der Waals surface area contributed by atoms with Crippen molar-refractivity contribution in [2.75, 3.05) is 12.0 Å². The number of nitrogens with zero attached hydrogens (tertiary/aromatic N) is 1. The van der Waals surface area contributed by atoms with Crippen LogP contribution in [0.2, 0.25) is 0 Å². The fourth-order valence-electron chi connectivity index (χ4n) is 5.23. The number of methoxy groups -OCH3 is 1. The monoisotopic (exact) mass is 436 g/mol. The van der Waals surface area contributed by atoms with E-state index < -0.39 is 18.1 Å². The number of rotatable bonds is 6. The van der Waals surface area contributed by atoms with Gasteiger partial charge in [-0.1, -0.05) is 50.2 Å². The third kappa shape index (κ3) is 3.94. The van der Waals surface area contributed by atoms with E-state index in [0.717, 1.165) is 24.1 Å². The molecule has 0 unspecified atom stereocenters. The molecule has 170 valence electrons. The number of aliphatic carboxylic acids is 1. The number of benzene rings is 2. The summed E-state index contributed by atoms with van der Waals surface area (Å²) in [7, 11) is 1.37. The Labute approximate surface area is 189 Å². The maximum atomic E-state index is 12.2. The molecule has 3 atom stereocenters. The summed E-state index contributed by atoms with van der Waals surface area (Å²) in [6, 6.07) is 12.2. The van der Waals surface area contributed by atoms with Crippen LogP contribution in [0, 0.1) is 5.92 Å². The normalized spacial score (nSPS) is 20.1. The molecule has 32 heavy (non-hydrogen) atoms. The van der Waals surface area contributed by atoms with Crippen molar-refractivity contribution in [3.63, 3.8) is 0 Å². The second-order valence-electron chi connectivity index (χ2n) is 9.31. The Morgan fingerprint density at radius 2 is 1.91 bits per heavy atom. The molecule has 4 rings (SSSR count). The highest BCUT2D eigenvalue weighted by Gasteiger charge is 2.39. The quantitative estimate of drug-likeness (QED) is 0.589. The van der Waals surface area contributed by atoms with E-state index in [4.69, 9.17) is 4.74 Å². The lowest BCUT2D eigenvalue weighted by Crippen LogP contribution is -2.43. The molecule has 6 heteroatoms. The van der Waals surface area contributed by atoms with E-state index in [2.05, 4.69) is 67.4 Å². The van der Waals surface area contributed by atoms with E-state index in [-0.39, 0.29) is 18.0 Å². The summed E-state index contributed by atoms with van der Waals surface area (Å²) in [5.74, 6) is -0.583. The fourth-order valence-corrected chi connectivity index (χ4v) is 5.23. The first-order chi connectivity index (χ1) is 15.3. The van der Waals surface area contributed by atoms with Crippen molar-refractivity contribution >= 4 is 17.7 Å². The van der Waals surface area contributed by atoms with E-state index in [0.29, 0.717) is 12.8 Å². The van der Waals surface area contributed by atoms with Gasteiger partial charge < -0.3 is 20.1 Å². The van der Waals surface area contributed by atoms with Gasteiger partial charge in [-0.15, -0.1) is 0 Å². The van der Waals surface area contributed by atoms with E-state index in [1.165, 1.54) is 29.4 Å². The van der Waals surface area contributed by atoms with Crippen LogP contribution < -0.4 is 10.2 Å². The Hall–Kier alpha value is -3.02. The molecule has 2 aromatic carbocycles. The van der Waals surface area contributed by atoms with Crippen LogP contribution in [-0.4, -0.2) is 42.4 Å². The summed E-state index contributed by atoms with van der Waals surface area (Å²) in [4.78, 5) is 26.2. The number of hydrogen-bond donors (Lipinski definition) is 2. The summed E-state index contributed by atoms with van der Waals surface area (Å²) in [5, 5.41) is 12.9. The minimum Gasteiger partial charge on any atom is -0.480 e. The molecule has 2 aromatic rings. The molecule has 1 aliphatic carbocycles. The first kappa shape index (κ1) is 22.2. The molecule has 6 nitrogen and oxygen atoms in total. The Morgan fingerprint density at radius 1 is 1.16 bits per heavy atom. The van der Waals surface area contributed by atoms with Crippen molar-refractivity contribution in [2.45, 2.75) is 64.6 Å². The Bertz CT molecular complexity index is 1030. The predicted octanol–water partition coefficient (Wildman–Crippen LogP) is 4.62. The van der Waals surface area contributed by atoms with E-state index in [1.807, 2.05) is 0 Å². The Balaban J connectivity index is 1.83. The number of carbonyl (C=O) groups is 2. The lowest BCUT2D eigenvalue weighted by Gasteiger charge is -2.34. The van der Waals surface area contributed by atoms with Crippen LogP contribution >= 0.6 is 0 Å². The molecule has 0 radical (unpaired) electrons. The zero-order chi connectivity index (χ0) is 23.0. The largest absolute Gasteiger partial charge is 0.480 e. The van der Waals surface area contributed by atoms with Crippen LogP contribution in [0.15, 0.2) is 36.4 Å². The standard InChI is InChI=1S/C26H32N2O4/c1-15(2)22(27-26(31)32-4)14-18-10-11-20-19-8-6-5-7-17(19)13-21(20)24(18)28-16(3)9-12-23(28)25(29)30/h5-8,10-11,15-16,22-23H,9,12-14H2,1-4H3,(H,27,31)(H,29,30)/t16-,22-,23-/m0/s1. The predicted molar refractivity (Wildman–Crippen MR) is 125 cm³/mol. The number of amides is 1. The van der Waals surface area contributed by atoms with Crippen molar-refractivity contribution in [3.05, 3.63) is 53.1 Å². The number of alkyl carbamates (subject to hydrolysis) is 1. The molecule has 0 saturated carbocycles. The smallest absolute Gasteiger partial charge is 0.407 e. The van der Waals surface area contributed by atoms with Gasteiger partial charge in [-0.05, 0) is 59.9 Å². The highest BCUT2D eigenvalue weighted by Crippen LogP contribution is 2.46. The second kappa shape index (κ2) is 8.85. The zero-order valence-electron chi connectivity index (χ0n) is 19.2. The van der Waals surface area contributed by atoms with Crippen LogP contribution in [0.25, 0.3) is 11.1 Å². The minimum atomic E-state index is -0.776. The summed E-state index contributed by atoms with van der Waals surface area (Å²) in [6.45, 7) is 6.25. The SMILES string of the molecule is COC(=O)N[C@@H](Cc1ccc2c(c1N1[C@@H](C)CC[C@H]1C(=O)O)Cc1ccccc1-2)C(C)C. The second-order valence-corrected chi connectivity index (χ2v) is 9.31. The number of ether oxygens (including phenoxy) is 1. The highest BCUT2D eigenvalue weighted by molar-refractivity contribution is 5.87. The van der Waals surface area contributed by atoms with E-state index in [9.17, 15) is 14.7 Å². The van der Waals surface area contributed by atoms with Gasteiger partial charge in [0.1, 0.15) is 6.04 Å².